The molecule has 1 aliphatic heterocycles. The van der Waals surface area contributed by atoms with Crippen molar-refractivity contribution >= 4 is 5.97 Å². The summed E-state index contributed by atoms with van der Waals surface area (Å²) in [6.45, 7) is 2.57. The summed E-state index contributed by atoms with van der Waals surface area (Å²) < 4.78 is 10.4. The van der Waals surface area contributed by atoms with Crippen LogP contribution in [-0.4, -0.2) is 38.4 Å². The van der Waals surface area contributed by atoms with Crippen LogP contribution in [-0.2, 0) is 14.3 Å². The molecule has 0 radical (unpaired) electrons. The first-order valence-electron chi connectivity index (χ1n) is 5.35. The molecule has 1 atom stereocenters. The number of esters is 1. The summed E-state index contributed by atoms with van der Waals surface area (Å²) in [6.07, 6.45) is 3.24. The molecule has 1 heterocycles. The molecule has 2 aliphatic rings. The molecule has 1 N–H and O–H groups in total. The molecule has 0 aromatic rings. The van der Waals surface area contributed by atoms with Crippen molar-refractivity contribution in [1.29, 1.82) is 0 Å². The van der Waals surface area contributed by atoms with Gasteiger partial charge in [-0.2, -0.15) is 0 Å². The second kappa shape index (κ2) is 4.75. The summed E-state index contributed by atoms with van der Waals surface area (Å²) in [7, 11) is 0. The summed E-state index contributed by atoms with van der Waals surface area (Å²) in [5.74, 6) is 0.603. The Morgan fingerprint density at radius 1 is 1.50 bits per heavy atom. The number of ether oxygens (including phenoxy) is 2. The molecule has 4 heteroatoms. The fourth-order valence-corrected chi connectivity index (χ4v) is 1.54. The summed E-state index contributed by atoms with van der Waals surface area (Å²) in [5.41, 5.74) is 0. The van der Waals surface area contributed by atoms with Crippen molar-refractivity contribution in [3.63, 3.8) is 0 Å². The fourth-order valence-electron chi connectivity index (χ4n) is 1.54. The van der Waals surface area contributed by atoms with E-state index in [-0.39, 0.29) is 12.1 Å². The zero-order chi connectivity index (χ0) is 9.80. The van der Waals surface area contributed by atoms with Gasteiger partial charge in [-0.05, 0) is 12.3 Å². The van der Waals surface area contributed by atoms with Gasteiger partial charge in [0, 0.05) is 13.1 Å². The minimum atomic E-state index is -0.386. The number of carbonyl (C=O) groups excluding carboxylic acids is 1. The van der Waals surface area contributed by atoms with Crippen molar-refractivity contribution in [3.05, 3.63) is 0 Å². The SMILES string of the molecule is O=C(OCCC1CC1)C1CNCCO1. The van der Waals surface area contributed by atoms with Gasteiger partial charge >= 0.3 is 5.97 Å². The topological polar surface area (TPSA) is 47.6 Å². The van der Waals surface area contributed by atoms with E-state index in [1.807, 2.05) is 0 Å². The van der Waals surface area contributed by atoms with Crippen LogP contribution in [0, 0.1) is 5.92 Å². The van der Waals surface area contributed by atoms with Gasteiger partial charge in [-0.3, -0.25) is 0 Å². The highest BCUT2D eigenvalue weighted by Crippen LogP contribution is 2.32. The maximum atomic E-state index is 11.4. The number of hydrogen-bond acceptors (Lipinski definition) is 4. The van der Waals surface area contributed by atoms with Gasteiger partial charge in [-0.15, -0.1) is 0 Å². The quantitative estimate of drug-likeness (QED) is 0.662. The van der Waals surface area contributed by atoms with Crippen LogP contribution in [0.5, 0.6) is 0 Å². The third-order valence-electron chi connectivity index (χ3n) is 2.66. The minimum Gasteiger partial charge on any atom is -0.464 e. The number of hydrogen-bond donors (Lipinski definition) is 1. The molecular weight excluding hydrogens is 182 g/mol. The zero-order valence-corrected chi connectivity index (χ0v) is 8.33. The summed E-state index contributed by atoms with van der Waals surface area (Å²) in [6, 6.07) is 0. The van der Waals surface area contributed by atoms with Crippen LogP contribution in [0.15, 0.2) is 0 Å². The van der Waals surface area contributed by atoms with Crippen molar-refractivity contribution in [1.82, 2.24) is 5.32 Å². The Morgan fingerprint density at radius 2 is 2.36 bits per heavy atom. The van der Waals surface area contributed by atoms with Gasteiger partial charge in [0.15, 0.2) is 6.10 Å². The van der Waals surface area contributed by atoms with Gasteiger partial charge in [0.05, 0.1) is 13.2 Å². The standard InChI is InChI=1S/C10H17NO3/c12-10(9-7-11-4-6-13-9)14-5-3-8-1-2-8/h8-9,11H,1-7H2. The van der Waals surface area contributed by atoms with Crippen LogP contribution < -0.4 is 5.32 Å². The average molecular weight is 199 g/mol. The molecule has 1 unspecified atom stereocenters. The van der Waals surface area contributed by atoms with E-state index in [2.05, 4.69) is 5.32 Å². The summed E-state index contributed by atoms with van der Waals surface area (Å²) >= 11 is 0. The van der Waals surface area contributed by atoms with Crippen LogP contribution in [0.1, 0.15) is 19.3 Å². The second-order valence-electron chi connectivity index (χ2n) is 3.96. The molecule has 1 saturated heterocycles. The highest BCUT2D eigenvalue weighted by molar-refractivity contribution is 5.75. The highest BCUT2D eigenvalue weighted by atomic mass is 16.6. The van der Waals surface area contributed by atoms with Crippen LogP contribution >= 0.6 is 0 Å². The molecule has 4 nitrogen and oxygen atoms in total. The van der Waals surface area contributed by atoms with E-state index in [4.69, 9.17) is 9.47 Å². The molecular formula is C10H17NO3. The van der Waals surface area contributed by atoms with Gasteiger partial charge < -0.3 is 14.8 Å². The molecule has 0 amide bonds. The monoisotopic (exact) mass is 199 g/mol. The lowest BCUT2D eigenvalue weighted by Crippen LogP contribution is -2.43. The molecule has 14 heavy (non-hydrogen) atoms. The first-order valence-corrected chi connectivity index (χ1v) is 5.35. The lowest BCUT2D eigenvalue weighted by atomic mass is 10.3. The Morgan fingerprint density at radius 3 is 3.00 bits per heavy atom. The number of rotatable bonds is 4. The largest absolute Gasteiger partial charge is 0.464 e. The third kappa shape index (κ3) is 2.96. The van der Waals surface area contributed by atoms with Crippen molar-refractivity contribution in [2.24, 2.45) is 5.92 Å². The number of nitrogens with one attached hydrogen (secondary N) is 1. The molecule has 1 aliphatic carbocycles. The highest BCUT2D eigenvalue weighted by Gasteiger charge is 2.25. The van der Waals surface area contributed by atoms with Crippen LogP contribution in [0.25, 0.3) is 0 Å². The maximum Gasteiger partial charge on any atom is 0.336 e. The van der Waals surface area contributed by atoms with Gasteiger partial charge in [0.1, 0.15) is 0 Å². The predicted molar refractivity (Wildman–Crippen MR) is 50.9 cm³/mol. The van der Waals surface area contributed by atoms with Crippen molar-refractivity contribution in [3.8, 4) is 0 Å². The van der Waals surface area contributed by atoms with Crippen LogP contribution in [0.3, 0.4) is 0 Å². The molecule has 80 valence electrons. The van der Waals surface area contributed by atoms with Crippen LogP contribution in [0.4, 0.5) is 0 Å². The van der Waals surface area contributed by atoms with Gasteiger partial charge in [0.2, 0.25) is 0 Å². The van der Waals surface area contributed by atoms with E-state index < -0.39 is 0 Å². The number of carbonyl (C=O) groups is 1. The second-order valence-corrected chi connectivity index (χ2v) is 3.96. The van der Waals surface area contributed by atoms with E-state index in [9.17, 15) is 4.79 Å². The Balaban J connectivity index is 1.60. The normalized spacial score (nSPS) is 27.3. The first kappa shape index (κ1) is 9.93. The molecule has 0 aromatic heterocycles. The maximum absolute atomic E-state index is 11.4. The van der Waals surface area contributed by atoms with Crippen molar-refractivity contribution in [2.45, 2.75) is 25.4 Å². The van der Waals surface area contributed by atoms with Crippen molar-refractivity contribution in [2.75, 3.05) is 26.3 Å². The molecule has 0 spiro atoms. The first-order chi connectivity index (χ1) is 6.86. The summed E-state index contributed by atoms with van der Waals surface area (Å²) in [5, 5.41) is 3.10. The smallest absolute Gasteiger partial charge is 0.336 e. The molecule has 1 saturated carbocycles. The summed E-state index contributed by atoms with van der Waals surface area (Å²) in [4.78, 5) is 11.4. The van der Waals surface area contributed by atoms with Crippen LogP contribution in [0.2, 0.25) is 0 Å². The Kier molecular flexibility index (Phi) is 3.37. The average Bonchev–Trinajstić information content (AvgIpc) is 3.03. The predicted octanol–water partition coefficient (Wildman–Crippen LogP) is 0.318. The molecule has 0 bridgehead atoms. The molecule has 0 aromatic carbocycles. The van der Waals surface area contributed by atoms with Gasteiger partial charge in [-0.1, -0.05) is 12.8 Å². The van der Waals surface area contributed by atoms with E-state index in [1.165, 1.54) is 12.8 Å². The van der Waals surface area contributed by atoms with Gasteiger partial charge in [-0.25, -0.2) is 4.79 Å². The Hall–Kier alpha value is -0.610. The molecule has 2 rings (SSSR count). The van der Waals surface area contributed by atoms with E-state index in [1.54, 1.807) is 0 Å². The Labute approximate surface area is 84.0 Å². The lowest BCUT2D eigenvalue weighted by Gasteiger charge is -2.21. The van der Waals surface area contributed by atoms with E-state index in [0.29, 0.717) is 19.8 Å². The zero-order valence-electron chi connectivity index (χ0n) is 8.33. The molecule has 2 fully saturated rings. The lowest BCUT2D eigenvalue weighted by molar-refractivity contribution is -0.158. The minimum absolute atomic E-state index is 0.210. The van der Waals surface area contributed by atoms with Gasteiger partial charge in [0.25, 0.3) is 0 Å². The van der Waals surface area contributed by atoms with Crippen molar-refractivity contribution < 1.29 is 14.3 Å². The number of morpholine rings is 1. The Bertz CT molecular complexity index is 198. The fraction of sp³-hybridized carbons (Fsp3) is 0.900. The van der Waals surface area contributed by atoms with E-state index >= 15 is 0 Å². The van der Waals surface area contributed by atoms with E-state index in [0.717, 1.165) is 18.9 Å². The third-order valence-corrected chi connectivity index (χ3v) is 2.66.